The first-order valence-electron chi connectivity index (χ1n) is 6.58. The molecule has 21 heavy (non-hydrogen) atoms. The lowest BCUT2D eigenvalue weighted by molar-refractivity contribution is 0.817. The predicted octanol–water partition coefficient (Wildman–Crippen LogP) is 4.15. The highest BCUT2D eigenvalue weighted by Gasteiger charge is 2.07. The molecule has 0 radical (unpaired) electrons. The molecule has 3 aromatic rings. The zero-order valence-corrected chi connectivity index (χ0v) is 13.1. The lowest BCUT2D eigenvalue weighted by Gasteiger charge is -2.07. The Hall–Kier alpha value is -1.62. The van der Waals surface area contributed by atoms with E-state index in [9.17, 15) is 0 Å². The molecule has 0 unspecified atom stereocenters. The molecule has 2 aromatic carbocycles. The Morgan fingerprint density at radius 2 is 2.00 bits per heavy atom. The van der Waals surface area contributed by atoms with Crippen LogP contribution in [0.4, 0.5) is 0 Å². The molecule has 0 amide bonds. The maximum atomic E-state index is 6.31. The van der Waals surface area contributed by atoms with Gasteiger partial charge < -0.3 is 5.32 Å². The van der Waals surface area contributed by atoms with Gasteiger partial charge in [-0.3, -0.25) is 0 Å². The van der Waals surface area contributed by atoms with Crippen molar-refractivity contribution in [1.82, 2.24) is 15.3 Å². The van der Waals surface area contributed by atoms with Crippen molar-refractivity contribution in [3.8, 4) is 0 Å². The van der Waals surface area contributed by atoms with Crippen LogP contribution < -0.4 is 5.32 Å². The molecule has 1 aromatic heterocycles. The Kier molecular flexibility index (Phi) is 4.39. The van der Waals surface area contributed by atoms with Crippen molar-refractivity contribution in [3.05, 3.63) is 59.4 Å². The van der Waals surface area contributed by atoms with Gasteiger partial charge in [-0.1, -0.05) is 47.6 Å². The third-order valence-corrected chi connectivity index (χ3v) is 4.47. The highest BCUT2D eigenvalue weighted by Crippen LogP contribution is 2.33. The monoisotopic (exact) mass is 315 g/mol. The van der Waals surface area contributed by atoms with Crippen molar-refractivity contribution in [2.24, 2.45) is 0 Å². The smallest absolute Gasteiger partial charge is 0.117 e. The number of hydrogen-bond donors (Lipinski definition) is 1. The van der Waals surface area contributed by atoms with Crippen LogP contribution in [0, 0.1) is 0 Å². The highest BCUT2D eigenvalue weighted by molar-refractivity contribution is 7.99. The summed E-state index contributed by atoms with van der Waals surface area (Å²) < 4.78 is 0. The van der Waals surface area contributed by atoms with E-state index in [1.807, 2.05) is 43.4 Å². The van der Waals surface area contributed by atoms with Crippen molar-refractivity contribution in [1.29, 1.82) is 0 Å². The summed E-state index contributed by atoms with van der Waals surface area (Å²) in [7, 11) is 1.91. The summed E-state index contributed by atoms with van der Waals surface area (Å²) in [5.74, 6) is 0. The van der Waals surface area contributed by atoms with Crippen molar-refractivity contribution < 1.29 is 0 Å². The minimum atomic E-state index is 0.764. The molecule has 0 fully saturated rings. The average Bonchev–Trinajstić information content (AvgIpc) is 2.51. The summed E-state index contributed by atoms with van der Waals surface area (Å²) in [6.45, 7) is 0.764. The first kappa shape index (κ1) is 14.3. The quantitative estimate of drug-likeness (QED) is 0.734. The van der Waals surface area contributed by atoms with E-state index in [2.05, 4.69) is 21.4 Å². The Morgan fingerprint density at radius 1 is 1.14 bits per heavy atom. The molecule has 3 nitrogen and oxygen atoms in total. The van der Waals surface area contributed by atoms with Crippen molar-refractivity contribution >= 4 is 34.3 Å². The van der Waals surface area contributed by atoms with E-state index < -0.39 is 0 Å². The number of fused-ring (bicyclic) bond motifs is 1. The van der Waals surface area contributed by atoms with E-state index in [1.165, 1.54) is 0 Å². The van der Waals surface area contributed by atoms with E-state index >= 15 is 0 Å². The third-order valence-electron chi connectivity index (χ3n) is 3.11. The molecule has 0 saturated heterocycles. The third kappa shape index (κ3) is 3.18. The van der Waals surface area contributed by atoms with Crippen LogP contribution in [-0.4, -0.2) is 17.0 Å². The minimum Gasteiger partial charge on any atom is -0.316 e. The molecule has 0 bridgehead atoms. The van der Waals surface area contributed by atoms with Crippen LogP contribution in [0.25, 0.3) is 10.9 Å². The van der Waals surface area contributed by atoms with Crippen LogP contribution in [0.2, 0.25) is 5.02 Å². The number of hydrogen-bond acceptors (Lipinski definition) is 4. The summed E-state index contributed by atoms with van der Waals surface area (Å²) >= 11 is 7.91. The maximum absolute atomic E-state index is 6.31. The van der Waals surface area contributed by atoms with E-state index in [1.54, 1.807) is 18.1 Å². The second kappa shape index (κ2) is 6.43. The predicted molar refractivity (Wildman–Crippen MR) is 87.9 cm³/mol. The standard InChI is InChI=1S/C16H14ClN3S/c1-18-9-11-6-7-12(8-14(11)17)21-16-13-4-2-3-5-15(13)19-10-20-16/h2-8,10,18H,9H2,1H3. The Labute approximate surface area is 132 Å². The van der Waals surface area contributed by atoms with Crippen LogP contribution in [0.5, 0.6) is 0 Å². The molecule has 0 atom stereocenters. The molecule has 1 N–H and O–H groups in total. The second-order valence-corrected chi connectivity index (χ2v) is 6.05. The number of nitrogens with zero attached hydrogens (tertiary/aromatic N) is 2. The molecule has 0 spiro atoms. The fourth-order valence-corrected chi connectivity index (χ4v) is 3.33. The Bertz CT molecular complexity index is 771. The first-order chi connectivity index (χ1) is 10.3. The van der Waals surface area contributed by atoms with E-state index in [0.717, 1.165) is 38.0 Å². The van der Waals surface area contributed by atoms with Gasteiger partial charge in [-0.25, -0.2) is 9.97 Å². The Balaban J connectivity index is 1.93. The fraction of sp³-hybridized carbons (Fsp3) is 0.125. The highest BCUT2D eigenvalue weighted by atomic mass is 35.5. The Morgan fingerprint density at radius 3 is 2.81 bits per heavy atom. The van der Waals surface area contributed by atoms with Gasteiger partial charge in [0, 0.05) is 21.8 Å². The van der Waals surface area contributed by atoms with Crippen molar-refractivity contribution in [2.75, 3.05) is 7.05 Å². The van der Waals surface area contributed by atoms with Gasteiger partial charge in [-0.05, 0) is 30.8 Å². The zero-order chi connectivity index (χ0) is 14.7. The number of rotatable bonds is 4. The lowest BCUT2D eigenvalue weighted by Crippen LogP contribution is -2.05. The maximum Gasteiger partial charge on any atom is 0.117 e. The molecular weight excluding hydrogens is 302 g/mol. The molecule has 0 aliphatic rings. The van der Waals surface area contributed by atoms with E-state index in [-0.39, 0.29) is 0 Å². The molecule has 1 heterocycles. The lowest BCUT2D eigenvalue weighted by atomic mass is 10.2. The van der Waals surface area contributed by atoms with Gasteiger partial charge in [-0.15, -0.1) is 0 Å². The number of para-hydroxylation sites is 1. The summed E-state index contributed by atoms with van der Waals surface area (Å²) in [6.07, 6.45) is 1.60. The molecule has 0 aliphatic heterocycles. The van der Waals surface area contributed by atoms with Crippen LogP contribution in [-0.2, 0) is 6.54 Å². The largest absolute Gasteiger partial charge is 0.316 e. The SMILES string of the molecule is CNCc1ccc(Sc2ncnc3ccccc23)cc1Cl. The van der Waals surface area contributed by atoms with Gasteiger partial charge in [0.2, 0.25) is 0 Å². The van der Waals surface area contributed by atoms with E-state index in [0.29, 0.717) is 0 Å². The molecule has 3 rings (SSSR count). The van der Waals surface area contributed by atoms with Crippen LogP contribution in [0.3, 0.4) is 0 Å². The molecule has 106 valence electrons. The fourth-order valence-electron chi connectivity index (χ4n) is 2.10. The summed E-state index contributed by atoms with van der Waals surface area (Å²) in [4.78, 5) is 9.74. The molecule has 0 aliphatic carbocycles. The number of benzene rings is 2. The summed E-state index contributed by atoms with van der Waals surface area (Å²) in [5.41, 5.74) is 2.05. The van der Waals surface area contributed by atoms with Crippen LogP contribution in [0.1, 0.15) is 5.56 Å². The molecule has 0 saturated carbocycles. The topological polar surface area (TPSA) is 37.8 Å². The number of halogens is 1. The summed E-state index contributed by atoms with van der Waals surface area (Å²) in [5, 5.41) is 5.88. The number of aromatic nitrogens is 2. The average molecular weight is 316 g/mol. The van der Waals surface area contributed by atoms with Crippen molar-refractivity contribution in [3.63, 3.8) is 0 Å². The zero-order valence-electron chi connectivity index (χ0n) is 11.5. The van der Waals surface area contributed by atoms with Crippen LogP contribution >= 0.6 is 23.4 Å². The van der Waals surface area contributed by atoms with Gasteiger partial charge >= 0.3 is 0 Å². The minimum absolute atomic E-state index is 0.764. The van der Waals surface area contributed by atoms with E-state index in [4.69, 9.17) is 11.6 Å². The normalized spacial score (nSPS) is 11.0. The van der Waals surface area contributed by atoms with Gasteiger partial charge in [0.15, 0.2) is 0 Å². The first-order valence-corrected chi connectivity index (χ1v) is 7.78. The number of nitrogens with one attached hydrogen (secondary N) is 1. The molecule has 5 heteroatoms. The second-order valence-electron chi connectivity index (χ2n) is 4.58. The van der Waals surface area contributed by atoms with Crippen molar-refractivity contribution in [2.45, 2.75) is 16.5 Å². The van der Waals surface area contributed by atoms with Gasteiger partial charge in [0.05, 0.1) is 5.52 Å². The van der Waals surface area contributed by atoms with Crippen LogP contribution in [0.15, 0.2) is 58.7 Å². The summed E-state index contributed by atoms with van der Waals surface area (Å²) in [6, 6.07) is 14.1. The van der Waals surface area contributed by atoms with Gasteiger partial charge in [0.25, 0.3) is 0 Å². The van der Waals surface area contributed by atoms with Gasteiger partial charge in [-0.2, -0.15) is 0 Å². The molecular formula is C16H14ClN3S. The van der Waals surface area contributed by atoms with Gasteiger partial charge in [0.1, 0.15) is 11.4 Å².